The summed E-state index contributed by atoms with van der Waals surface area (Å²) in [5, 5.41) is 6.44. The molecule has 5 nitrogen and oxygen atoms in total. The lowest BCUT2D eigenvalue weighted by molar-refractivity contribution is 0.0951. The second-order valence-electron chi connectivity index (χ2n) is 4.61. The van der Waals surface area contributed by atoms with Crippen LogP contribution in [0.2, 0.25) is 0 Å². The summed E-state index contributed by atoms with van der Waals surface area (Å²) in [7, 11) is 0. The third kappa shape index (κ3) is 3.01. The summed E-state index contributed by atoms with van der Waals surface area (Å²) in [5.74, 6) is -0.350. The van der Waals surface area contributed by atoms with Crippen molar-refractivity contribution in [2.45, 2.75) is 6.54 Å². The second kappa shape index (κ2) is 6.17. The van der Waals surface area contributed by atoms with Crippen molar-refractivity contribution in [1.29, 1.82) is 0 Å². The maximum atomic E-state index is 13.0. The fraction of sp³-hybridized carbons (Fsp3) is 0.0625. The molecule has 0 aliphatic rings. The average molecular weight is 297 g/mol. The third-order valence-corrected chi connectivity index (χ3v) is 3.12. The van der Waals surface area contributed by atoms with E-state index in [0.717, 1.165) is 5.56 Å². The smallest absolute Gasteiger partial charge is 0.257 e. The van der Waals surface area contributed by atoms with Crippen molar-refractivity contribution in [2.24, 2.45) is 0 Å². The van der Waals surface area contributed by atoms with Crippen LogP contribution in [0.1, 0.15) is 15.9 Å². The molecule has 110 valence electrons. The lowest BCUT2D eigenvalue weighted by Crippen LogP contribution is -2.22. The standard InChI is InChI=1S/C16H12FN3O2/c17-13-3-1-12(2-4-13)15-14(10-20-22-15)16(21)19-9-11-5-7-18-8-6-11/h1-8,10H,9H2,(H,19,21). The van der Waals surface area contributed by atoms with E-state index in [1.54, 1.807) is 12.4 Å². The van der Waals surface area contributed by atoms with E-state index in [2.05, 4.69) is 15.5 Å². The van der Waals surface area contributed by atoms with Crippen LogP contribution in [0.5, 0.6) is 0 Å². The van der Waals surface area contributed by atoms with Gasteiger partial charge in [-0.1, -0.05) is 5.16 Å². The number of benzene rings is 1. The van der Waals surface area contributed by atoms with Gasteiger partial charge in [0.2, 0.25) is 0 Å². The van der Waals surface area contributed by atoms with E-state index in [-0.39, 0.29) is 11.7 Å². The van der Waals surface area contributed by atoms with Gasteiger partial charge in [0, 0.05) is 24.5 Å². The van der Waals surface area contributed by atoms with Crippen LogP contribution in [0.15, 0.2) is 59.5 Å². The topological polar surface area (TPSA) is 68.0 Å². The summed E-state index contributed by atoms with van der Waals surface area (Å²) in [5.41, 5.74) is 1.83. The minimum absolute atomic E-state index is 0.306. The first kappa shape index (κ1) is 13.9. The Labute approximate surface area is 125 Å². The van der Waals surface area contributed by atoms with Crippen molar-refractivity contribution in [1.82, 2.24) is 15.5 Å². The van der Waals surface area contributed by atoms with Gasteiger partial charge in [-0.25, -0.2) is 4.39 Å². The van der Waals surface area contributed by atoms with Crippen LogP contribution in [0, 0.1) is 5.82 Å². The fourth-order valence-electron chi connectivity index (χ4n) is 1.99. The van der Waals surface area contributed by atoms with Gasteiger partial charge < -0.3 is 9.84 Å². The van der Waals surface area contributed by atoms with Crippen molar-refractivity contribution in [3.8, 4) is 11.3 Å². The van der Waals surface area contributed by atoms with Gasteiger partial charge in [-0.3, -0.25) is 9.78 Å². The molecule has 3 aromatic rings. The Morgan fingerprint density at radius 3 is 2.59 bits per heavy atom. The minimum Gasteiger partial charge on any atom is -0.355 e. The Balaban J connectivity index is 1.76. The SMILES string of the molecule is O=C(NCc1ccncc1)c1cnoc1-c1ccc(F)cc1. The highest BCUT2D eigenvalue weighted by Gasteiger charge is 2.17. The van der Waals surface area contributed by atoms with Crippen LogP contribution in [0.25, 0.3) is 11.3 Å². The molecule has 0 radical (unpaired) electrons. The molecule has 1 aromatic carbocycles. The minimum atomic E-state index is -0.355. The number of carbonyl (C=O) groups excluding carboxylic acids is 1. The van der Waals surface area contributed by atoms with Gasteiger partial charge in [-0.05, 0) is 42.0 Å². The van der Waals surface area contributed by atoms with Crippen molar-refractivity contribution < 1.29 is 13.7 Å². The Morgan fingerprint density at radius 1 is 1.14 bits per heavy atom. The number of aromatic nitrogens is 2. The van der Waals surface area contributed by atoms with Gasteiger partial charge in [0.15, 0.2) is 5.76 Å². The number of rotatable bonds is 4. The summed E-state index contributed by atoms with van der Waals surface area (Å²) in [6.07, 6.45) is 4.66. The van der Waals surface area contributed by atoms with Gasteiger partial charge in [-0.15, -0.1) is 0 Å². The van der Waals surface area contributed by atoms with E-state index in [0.29, 0.717) is 23.4 Å². The van der Waals surface area contributed by atoms with E-state index < -0.39 is 0 Å². The summed E-state index contributed by atoms with van der Waals surface area (Å²) in [6, 6.07) is 9.31. The number of nitrogens with zero attached hydrogens (tertiary/aromatic N) is 2. The first-order chi connectivity index (χ1) is 10.7. The highest BCUT2D eigenvalue weighted by Crippen LogP contribution is 2.23. The Morgan fingerprint density at radius 2 is 1.86 bits per heavy atom. The maximum Gasteiger partial charge on any atom is 0.257 e. The van der Waals surface area contributed by atoms with E-state index >= 15 is 0 Å². The molecule has 0 fully saturated rings. The first-order valence-electron chi connectivity index (χ1n) is 6.62. The van der Waals surface area contributed by atoms with Crippen LogP contribution in [0.3, 0.4) is 0 Å². The van der Waals surface area contributed by atoms with Gasteiger partial charge in [0.1, 0.15) is 11.4 Å². The van der Waals surface area contributed by atoms with E-state index in [1.165, 1.54) is 30.5 Å². The van der Waals surface area contributed by atoms with E-state index in [4.69, 9.17) is 4.52 Å². The van der Waals surface area contributed by atoms with Crippen molar-refractivity contribution in [3.05, 3.63) is 71.9 Å². The number of nitrogens with one attached hydrogen (secondary N) is 1. The quantitative estimate of drug-likeness (QED) is 0.804. The molecule has 0 saturated heterocycles. The van der Waals surface area contributed by atoms with E-state index in [9.17, 15) is 9.18 Å². The Bertz CT molecular complexity index is 770. The number of hydrogen-bond acceptors (Lipinski definition) is 4. The predicted octanol–water partition coefficient (Wildman–Crippen LogP) is 2.81. The van der Waals surface area contributed by atoms with Gasteiger partial charge in [0.05, 0.1) is 6.20 Å². The van der Waals surface area contributed by atoms with Gasteiger partial charge >= 0.3 is 0 Å². The van der Waals surface area contributed by atoms with Crippen LogP contribution < -0.4 is 5.32 Å². The predicted molar refractivity (Wildman–Crippen MR) is 77.3 cm³/mol. The van der Waals surface area contributed by atoms with Crippen molar-refractivity contribution >= 4 is 5.91 Å². The van der Waals surface area contributed by atoms with Crippen LogP contribution in [-0.4, -0.2) is 16.0 Å². The molecule has 2 heterocycles. The van der Waals surface area contributed by atoms with Crippen molar-refractivity contribution in [3.63, 3.8) is 0 Å². The number of halogens is 1. The zero-order valence-corrected chi connectivity index (χ0v) is 11.5. The second-order valence-corrected chi connectivity index (χ2v) is 4.61. The summed E-state index contributed by atoms with van der Waals surface area (Å²) in [6.45, 7) is 0.370. The van der Waals surface area contributed by atoms with Gasteiger partial charge in [0.25, 0.3) is 5.91 Å². The molecule has 0 aliphatic carbocycles. The van der Waals surface area contributed by atoms with Crippen LogP contribution in [-0.2, 0) is 6.54 Å². The summed E-state index contributed by atoms with van der Waals surface area (Å²) >= 11 is 0. The molecule has 3 rings (SSSR count). The number of amides is 1. The number of pyridine rings is 1. The Hall–Kier alpha value is -3.02. The summed E-state index contributed by atoms with van der Waals surface area (Å²) in [4.78, 5) is 16.2. The zero-order valence-electron chi connectivity index (χ0n) is 11.5. The highest BCUT2D eigenvalue weighted by atomic mass is 19.1. The lowest BCUT2D eigenvalue weighted by atomic mass is 10.1. The monoisotopic (exact) mass is 297 g/mol. The molecule has 22 heavy (non-hydrogen) atoms. The molecular weight excluding hydrogens is 285 g/mol. The lowest BCUT2D eigenvalue weighted by Gasteiger charge is -2.05. The molecule has 1 amide bonds. The molecule has 0 unspecified atom stereocenters. The average Bonchev–Trinajstić information content (AvgIpc) is 3.04. The fourth-order valence-corrected chi connectivity index (χ4v) is 1.99. The van der Waals surface area contributed by atoms with Gasteiger partial charge in [-0.2, -0.15) is 0 Å². The molecule has 0 atom stereocenters. The first-order valence-corrected chi connectivity index (χ1v) is 6.62. The molecule has 1 N–H and O–H groups in total. The molecule has 6 heteroatoms. The maximum absolute atomic E-state index is 13.0. The third-order valence-electron chi connectivity index (χ3n) is 3.12. The molecule has 0 spiro atoms. The molecular formula is C16H12FN3O2. The number of carbonyl (C=O) groups is 1. The largest absolute Gasteiger partial charge is 0.355 e. The molecule has 0 aliphatic heterocycles. The molecule has 2 aromatic heterocycles. The van der Waals surface area contributed by atoms with E-state index in [1.807, 2.05) is 12.1 Å². The molecule has 0 saturated carbocycles. The zero-order chi connectivity index (χ0) is 15.4. The molecule has 0 bridgehead atoms. The van der Waals surface area contributed by atoms with Crippen LogP contribution >= 0.6 is 0 Å². The normalized spacial score (nSPS) is 10.4. The Kier molecular flexibility index (Phi) is 3.91. The van der Waals surface area contributed by atoms with Crippen LogP contribution in [0.4, 0.5) is 4.39 Å². The summed E-state index contributed by atoms with van der Waals surface area (Å²) < 4.78 is 18.1. The number of hydrogen-bond donors (Lipinski definition) is 1. The highest BCUT2D eigenvalue weighted by molar-refractivity contribution is 5.99. The van der Waals surface area contributed by atoms with Crippen molar-refractivity contribution in [2.75, 3.05) is 0 Å².